The van der Waals surface area contributed by atoms with Crippen molar-refractivity contribution in [2.75, 3.05) is 25.5 Å². The topological polar surface area (TPSA) is 52.6 Å². The standard InChI is InChI=1S/C14H19F3N2O2/c1-4-18-12-6-5-10(7-11(12)14(15,16)17)13(21)19(3)9(2)8-20/h5-7,9,18,20H,4,8H2,1-3H3. The lowest BCUT2D eigenvalue weighted by Gasteiger charge is -2.24. The van der Waals surface area contributed by atoms with E-state index in [4.69, 9.17) is 5.11 Å². The maximum Gasteiger partial charge on any atom is 0.418 e. The minimum Gasteiger partial charge on any atom is -0.394 e. The number of alkyl halides is 3. The van der Waals surface area contributed by atoms with Crippen LogP contribution in [0.1, 0.15) is 29.8 Å². The largest absolute Gasteiger partial charge is 0.418 e. The molecule has 7 heteroatoms. The maximum absolute atomic E-state index is 13.0. The second kappa shape index (κ2) is 6.80. The van der Waals surface area contributed by atoms with Gasteiger partial charge in [0.25, 0.3) is 5.91 Å². The van der Waals surface area contributed by atoms with Crippen molar-refractivity contribution in [1.82, 2.24) is 4.90 Å². The fourth-order valence-electron chi connectivity index (χ4n) is 1.78. The van der Waals surface area contributed by atoms with Crippen molar-refractivity contribution in [2.45, 2.75) is 26.1 Å². The smallest absolute Gasteiger partial charge is 0.394 e. The highest BCUT2D eigenvalue weighted by molar-refractivity contribution is 5.95. The molecule has 0 radical (unpaired) electrons. The van der Waals surface area contributed by atoms with E-state index in [0.29, 0.717) is 6.54 Å². The number of hydrogen-bond acceptors (Lipinski definition) is 3. The molecule has 0 aliphatic heterocycles. The number of nitrogens with zero attached hydrogens (tertiary/aromatic N) is 1. The summed E-state index contributed by atoms with van der Waals surface area (Å²) in [5.41, 5.74) is -0.994. The van der Waals surface area contributed by atoms with Crippen molar-refractivity contribution in [2.24, 2.45) is 0 Å². The number of nitrogens with one attached hydrogen (secondary N) is 1. The number of rotatable bonds is 5. The lowest BCUT2D eigenvalue weighted by molar-refractivity contribution is -0.137. The summed E-state index contributed by atoms with van der Waals surface area (Å²) in [4.78, 5) is 13.3. The minimum atomic E-state index is -4.55. The van der Waals surface area contributed by atoms with Gasteiger partial charge in [0, 0.05) is 24.8 Å². The molecule has 0 saturated heterocycles. The van der Waals surface area contributed by atoms with Crippen molar-refractivity contribution in [3.63, 3.8) is 0 Å². The molecule has 0 fully saturated rings. The molecule has 4 nitrogen and oxygen atoms in total. The zero-order valence-electron chi connectivity index (χ0n) is 12.2. The van der Waals surface area contributed by atoms with Gasteiger partial charge in [-0.25, -0.2) is 0 Å². The van der Waals surface area contributed by atoms with Crippen LogP contribution in [0.2, 0.25) is 0 Å². The Morgan fingerprint density at radius 2 is 2.05 bits per heavy atom. The molecule has 1 aromatic carbocycles. The van der Waals surface area contributed by atoms with Crippen LogP contribution in [0, 0.1) is 0 Å². The fourth-order valence-corrected chi connectivity index (χ4v) is 1.78. The molecule has 1 amide bonds. The van der Waals surface area contributed by atoms with Gasteiger partial charge in [0.15, 0.2) is 0 Å². The molecule has 0 saturated carbocycles. The van der Waals surface area contributed by atoms with Crippen LogP contribution in [0.3, 0.4) is 0 Å². The predicted molar refractivity (Wildman–Crippen MR) is 74.2 cm³/mol. The number of likely N-dealkylation sites (N-methyl/N-ethyl adjacent to an activating group) is 1. The summed E-state index contributed by atoms with van der Waals surface area (Å²) in [5, 5.41) is 11.6. The summed E-state index contributed by atoms with van der Waals surface area (Å²) in [5.74, 6) is -0.565. The van der Waals surface area contributed by atoms with E-state index in [1.54, 1.807) is 13.8 Å². The van der Waals surface area contributed by atoms with E-state index >= 15 is 0 Å². The Morgan fingerprint density at radius 1 is 1.43 bits per heavy atom. The summed E-state index contributed by atoms with van der Waals surface area (Å²) >= 11 is 0. The average molecular weight is 304 g/mol. The van der Waals surface area contributed by atoms with E-state index in [9.17, 15) is 18.0 Å². The third-order valence-corrected chi connectivity index (χ3v) is 3.18. The maximum atomic E-state index is 13.0. The first-order valence-electron chi connectivity index (χ1n) is 6.55. The van der Waals surface area contributed by atoms with Crippen LogP contribution in [0.25, 0.3) is 0 Å². The molecule has 0 bridgehead atoms. The molecule has 1 aromatic rings. The zero-order chi connectivity index (χ0) is 16.2. The molecule has 0 aromatic heterocycles. The van der Waals surface area contributed by atoms with Gasteiger partial charge >= 0.3 is 6.18 Å². The van der Waals surface area contributed by atoms with Gasteiger partial charge in [-0.05, 0) is 32.0 Å². The van der Waals surface area contributed by atoms with Crippen molar-refractivity contribution < 1.29 is 23.1 Å². The van der Waals surface area contributed by atoms with Crippen LogP contribution in [0.4, 0.5) is 18.9 Å². The molecule has 1 atom stereocenters. The second-order valence-corrected chi connectivity index (χ2v) is 4.74. The van der Waals surface area contributed by atoms with Crippen molar-refractivity contribution in [3.8, 4) is 0 Å². The highest BCUT2D eigenvalue weighted by atomic mass is 19.4. The Kier molecular flexibility index (Phi) is 5.60. The normalized spacial score (nSPS) is 12.9. The molecule has 1 rings (SSSR count). The van der Waals surface area contributed by atoms with Crippen LogP contribution >= 0.6 is 0 Å². The minimum absolute atomic E-state index is 0.0561. The summed E-state index contributed by atoms with van der Waals surface area (Å²) < 4.78 is 39.1. The Hall–Kier alpha value is -1.76. The molecule has 2 N–H and O–H groups in total. The van der Waals surface area contributed by atoms with Gasteiger partial charge in [-0.1, -0.05) is 0 Å². The first-order valence-corrected chi connectivity index (χ1v) is 6.55. The molecule has 118 valence electrons. The molecule has 0 heterocycles. The van der Waals surface area contributed by atoms with Gasteiger partial charge in [0.05, 0.1) is 18.2 Å². The van der Waals surface area contributed by atoms with Gasteiger partial charge in [0.1, 0.15) is 0 Å². The van der Waals surface area contributed by atoms with E-state index in [0.717, 1.165) is 6.07 Å². The van der Waals surface area contributed by atoms with Crippen LogP contribution in [-0.2, 0) is 6.18 Å². The van der Waals surface area contributed by atoms with Crippen LogP contribution in [0.5, 0.6) is 0 Å². The number of hydrogen-bond donors (Lipinski definition) is 2. The van der Waals surface area contributed by atoms with E-state index in [1.807, 2.05) is 0 Å². The number of aliphatic hydroxyl groups is 1. The monoisotopic (exact) mass is 304 g/mol. The van der Waals surface area contributed by atoms with Gasteiger partial charge in [-0.2, -0.15) is 13.2 Å². The first kappa shape index (κ1) is 17.3. The number of halogens is 3. The number of amides is 1. The molecule has 0 spiro atoms. The Morgan fingerprint density at radius 3 is 2.52 bits per heavy atom. The number of anilines is 1. The van der Waals surface area contributed by atoms with E-state index in [2.05, 4.69) is 5.32 Å². The highest BCUT2D eigenvalue weighted by Crippen LogP contribution is 2.35. The Labute approximate surface area is 121 Å². The zero-order valence-corrected chi connectivity index (χ0v) is 12.2. The van der Waals surface area contributed by atoms with Crippen molar-refractivity contribution in [3.05, 3.63) is 29.3 Å². The Balaban J connectivity index is 3.19. The third kappa shape index (κ3) is 4.10. The molecular weight excluding hydrogens is 285 g/mol. The SMILES string of the molecule is CCNc1ccc(C(=O)N(C)C(C)CO)cc1C(F)(F)F. The van der Waals surface area contributed by atoms with Crippen LogP contribution in [-0.4, -0.2) is 42.2 Å². The van der Waals surface area contributed by atoms with Gasteiger partial charge in [-0.15, -0.1) is 0 Å². The number of carbonyl (C=O) groups excluding carboxylic acids is 1. The quantitative estimate of drug-likeness (QED) is 0.879. The molecule has 0 aliphatic rings. The van der Waals surface area contributed by atoms with Gasteiger partial charge in [-0.3, -0.25) is 4.79 Å². The summed E-state index contributed by atoms with van der Waals surface area (Å²) in [6.07, 6.45) is -4.55. The van der Waals surface area contributed by atoms with Crippen LogP contribution in [0.15, 0.2) is 18.2 Å². The van der Waals surface area contributed by atoms with E-state index in [-0.39, 0.29) is 17.9 Å². The van der Waals surface area contributed by atoms with E-state index in [1.165, 1.54) is 24.1 Å². The second-order valence-electron chi connectivity index (χ2n) is 4.74. The third-order valence-electron chi connectivity index (χ3n) is 3.18. The van der Waals surface area contributed by atoms with E-state index < -0.39 is 23.7 Å². The summed E-state index contributed by atoms with van der Waals surface area (Å²) in [6, 6.07) is 2.95. The molecule has 21 heavy (non-hydrogen) atoms. The van der Waals surface area contributed by atoms with Gasteiger partial charge in [0.2, 0.25) is 0 Å². The lowest BCUT2D eigenvalue weighted by atomic mass is 10.1. The molecule has 1 unspecified atom stereocenters. The summed E-state index contributed by atoms with van der Waals surface area (Å²) in [7, 11) is 1.44. The Bertz CT molecular complexity index is 503. The number of aliphatic hydroxyl groups excluding tert-OH is 1. The molecular formula is C14H19F3N2O2. The number of carbonyl (C=O) groups is 1. The van der Waals surface area contributed by atoms with Gasteiger partial charge < -0.3 is 15.3 Å². The van der Waals surface area contributed by atoms with Crippen molar-refractivity contribution >= 4 is 11.6 Å². The average Bonchev–Trinajstić information content (AvgIpc) is 2.44. The lowest BCUT2D eigenvalue weighted by Crippen LogP contribution is -2.37. The highest BCUT2D eigenvalue weighted by Gasteiger charge is 2.34. The number of benzene rings is 1. The van der Waals surface area contributed by atoms with Crippen LogP contribution < -0.4 is 5.32 Å². The van der Waals surface area contributed by atoms with Crippen molar-refractivity contribution in [1.29, 1.82) is 0 Å². The molecule has 0 aliphatic carbocycles. The summed E-state index contributed by atoms with van der Waals surface area (Å²) in [6.45, 7) is 3.38. The first-order chi connectivity index (χ1) is 9.72. The fraction of sp³-hybridized carbons (Fsp3) is 0.500. The predicted octanol–water partition coefficient (Wildman–Crippen LogP) is 2.59.